The van der Waals surface area contributed by atoms with Gasteiger partial charge in [0.15, 0.2) is 0 Å². The van der Waals surface area contributed by atoms with Crippen molar-refractivity contribution in [2.75, 3.05) is 13.2 Å². The molecule has 6 heteroatoms. The molecule has 0 radical (unpaired) electrons. The topological polar surface area (TPSA) is 23.5 Å². The van der Waals surface area contributed by atoms with Crippen molar-refractivity contribution in [2.45, 2.75) is 44.9 Å². The number of aliphatic hydroxyl groups is 1. The molecule has 1 rings (SSSR count). The van der Waals surface area contributed by atoms with Crippen molar-refractivity contribution in [3.05, 3.63) is 22.4 Å². The molecule has 1 heterocycles. The van der Waals surface area contributed by atoms with Gasteiger partial charge in [-0.05, 0) is 41.8 Å². The number of hydrogen-bond donors (Lipinski definition) is 1. The summed E-state index contributed by atoms with van der Waals surface area (Å²) in [4.78, 5) is 1.94. The van der Waals surface area contributed by atoms with E-state index in [1.165, 1.54) is 0 Å². The second-order valence-electron chi connectivity index (χ2n) is 4.57. The third-order valence-corrected chi connectivity index (χ3v) is 3.80. The van der Waals surface area contributed by atoms with Crippen LogP contribution in [0.25, 0.3) is 0 Å². The number of rotatable bonds is 8. The van der Waals surface area contributed by atoms with E-state index in [1.54, 1.807) is 11.3 Å². The van der Waals surface area contributed by atoms with Crippen LogP contribution in [0.15, 0.2) is 16.8 Å². The number of halogens is 3. The third kappa shape index (κ3) is 6.40. The van der Waals surface area contributed by atoms with Gasteiger partial charge in [-0.1, -0.05) is 6.92 Å². The van der Waals surface area contributed by atoms with Gasteiger partial charge in [-0.25, -0.2) is 0 Å². The number of alkyl halides is 3. The largest absolute Gasteiger partial charge is 0.395 e. The normalized spacial score (nSPS) is 14.0. The molecule has 0 amide bonds. The predicted molar refractivity (Wildman–Crippen MR) is 71.2 cm³/mol. The fourth-order valence-electron chi connectivity index (χ4n) is 1.99. The van der Waals surface area contributed by atoms with Crippen molar-refractivity contribution >= 4 is 11.3 Å². The Labute approximate surface area is 115 Å². The van der Waals surface area contributed by atoms with Crippen LogP contribution in [0.4, 0.5) is 13.2 Å². The van der Waals surface area contributed by atoms with Crippen LogP contribution in [0, 0.1) is 0 Å². The van der Waals surface area contributed by atoms with E-state index >= 15 is 0 Å². The first kappa shape index (κ1) is 16.5. The maximum Gasteiger partial charge on any atom is 0.389 e. The summed E-state index contributed by atoms with van der Waals surface area (Å²) in [5, 5.41) is 13.3. The Bertz CT molecular complexity index is 336. The Hall–Kier alpha value is -0.590. The molecule has 2 nitrogen and oxygen atoms in total. The summed E-state index contributed by atoms with van der Waals surface area (Å²) in [6.45, 7) is 2.87. The summed E-state index contributed by atoms with van der Waals surface area (Å²) in [7, 11) is 0. The Balaban J connectivity index is 2.54. The predicted octanol–water partition coefficient (Wildman–Crippen LogP) is 3.66. The average Bonchev–Trinajstić information content (AvgIpc) is 2.81. The smallest absolute Gasteiger partial charge is 0.389 e. The highest BCUT2D eigenvalue weighted by Gasteiger charge is 2.27. The van der Waals surface area contributed by atoms with Crippen LogP contribution >= 0.6 is 11.3 Å². The van der Waals surface area contributed by atoms with Crippen LogP contribution in [0.2, 0.25) is 0 Å². The van der Waals surface area contributed by atoms with Gasteiger partial charge in [0.25, 0.3) is 0 Å². The first-order valence-corrected chi connectivity index (χ1v) is 7.33. The Morgan fingerprint density at radius 3 is 2.63 bits per heavy atom. The Kier molecular flexibility index (Phi) is 6.82. The maximum atomic E-state index is 12.2. The van der Waals surface area contributed by atoms with Crippen LogP contribution in [-0.4, -0.2) is 35.4 Å². The molecule has 0 saturated heterocycles. The first-order chi connectivity index (χ1) is 8.96. The van der Waals surface area contributed by atoms with Crippen LogP contribution in [0.5, 0.6) is 0 Å². The lowest BCUT2D eigenvalue weighted by molar-refractivity contribution is -0.136. The van der Waals surface area contributed by atoms with Gasteiger partial charge in [-0.3, -0.25) is 4.90 Å². The zero-order valence-electron chi connectivity index (χ0n) is 11.0. The minimum atomic E-state index is -4.10. The third-order valence-electron chi connectivity index (χ3n) is 3.07. The number of nitrogens with zero attached hydrogens (tertiary/aromatic N) is 1. The lowest BCUT2D eigenvalue weighted by atomic mass is 10.1. The molecule has 0 aromatic carbocycles. The molecule has 0 saturated carbocycles. The fourth-order valence-corrected chi connectivity index (χ4v) is 2.65. The molecule has 1 atom stereocenters. The summed E-state index contributed by atoms with van der Waals surface area (Å²) in [6, 6.07) is 1.89. The van der Waals surface area contributed by atoms with Crippen molar-refractivity contribution in [3.63, 3.8) is 0 Å². The molecule has 1 aromatic rings. The van der Waals surface area contributed by atoms with Gasteiger partial charge in [-0.2, -0.15) is 24.5 Å². The van der Waals surface area contributed by atoms with E-state index in [1.807, 2.05) is 28.7 Å². The number of thiophene rings is 1. The molecular formula is C13H20F3NOS. The molecule has 1 N–H and O–H groups in total. The van der Waals surface area contributed by atoms with Crippen LogP contribution < -0.4 is 0 Å². The van der Waals surface area contributed by atoms with Crippen molar-refractivity contribution in [2.24, 2.45) is 0 Å². The molecule has 1 unspecified atom stereocenters. The van der Waals surface area contributed by atoms with Gasteiger partial charge < -0.3 is 5.11 Å². The van der Waals surface area contributed by atoms with Crippen molar-refractivity contribution in [1.82, 2.24) is 4.90 Å². The van der Waals surface area contributed by atoms with E-state index in [0.29, 0.717) is 13.1 Å². The van der Waals surface area contributed by atoms with E-state index < -0.39 is 12.6 Å². The van der Waals surface area contributed by atoms with E-state index in [-0.39, 0.29) is 19.1 Å². The Morgan fingerprint density at radius 2 is 2.16 bits per heavy atom. The second-order valence-corrected chi connectivity index (χ2v) is 5.35. The summed E-state index contributed by atoms with van der Waals surface area (Å²) in [6.07, 6.45) is -4.07. The molecule has 0 fully saturated rings. The van der Waals surface area contributed by atoms with Crippen LogP contribution in [-0.2, 0) is 6.54 Å². The summed E-state index contributed by atoms with van der Waals surface area (Å²) in [5.41, 5.74) is 1.09. The van der Waals surface area contributed by atoms with Crippen LogP contribution in [0.1, 0.15) is 31.7 Å². The first-order valence-electron chi connectivity index (χ1n) is 6.39. The molecule has 0 aliphatic carbocycles. The highest BCUT2D eigenvalue weighted by atomic mass is 32.1. The van der Waals surface area contributed by atoms with E-state index in [4.69, 9.17) is 0 Å². The molecular weight excluding hydrogens is 275 g/mol. The Morgan fingerprint density at radius 1 is 1.42 bits per heavy atom. The van der Waals surface area contributed by atoms with E-state index in [2.05, 4.69) is 0 Å². The van der Waals surface area contributed by atoms with Gasteiger partial charge in [0.2, 0.25) is 0 Å². The molecule has 110 valence electrons. The number of aliphatic hydroxyl groups excluding tert-OH is 1. The van der Waals surface area contributed by atoms with Crippen molar-refractivity contribution < 1.29 is 18.3 Å². The molecule has 0 bridgehead atoms. The average molecular weight is 295 g/mol. The quantitative estimate of drug-likeness (QED) is 0.791. The molecule has 1 aromatic heterocycles. The monoisotopic (exact) mass is 295 g/mol. The summed E-state index contributed by atoms with van der Waals surface area (Å²) in [5.74, 6) is 0. The maximum absolute atomic E-state index is 12.2. The zero-order chi connectivity index (χ0) is 14.3. The van der Waals surface area contributed by atoms with Gasteiger partial charge in [0, 0.05) is 19.0 Å². The lowest BCUT2D eigenvalue weighted by Gasteiger charge is -2.29. The number of hydrogen-bond acceptors (Lipinski definition) is 3. The van der Waals surface area contributed by atoms with E-state index in [9.17, 15) is 18.3 Å². The molecule has 0 spiro atoms. The van der Waals surface area contributed by atoms with Gasteiger partial charge >= 0.3 is 6.18 Å². The molecule has 19 heavy (non-hydrogen) atoms. The highest BCUT2D eigenvalue weighted by molar-refractivity contribution is 7.07. The van der Waals surface area contributed by atoms with Crippen molar-refractivity contribution in [3.8, 4) is 0 Å². The molecule has 0 aliphatic heterocycles. The lowest BCUT2D eigenvalue weighted by Crippen LogP contribution is -2.38. The minimum Gasteiger partial charge on any atom is -0.395 e. The van der Waals surface area contributed by atoms with Gasteiger partial charge in [0.1, 0.15) is 0 Å². The highest BCUT2D eigenvalue weighted by Crippen LogP contribution is 2.22. The fraction of sp³-hybridized carbons (Fsp3) is 0.692. The van der Waals surface area contributed by atoms with Gasteiger partial charge in [0.05, 0.1) is 6.61 Å². The second kappa shape index (κ2) is 7.87. The molecule has 0 aliphatic rings. The summed E-state index contributed by atoms with van der Waals surface area (Å²) < 4.78 is 36.5. The standard InChI is InChI=1S/C13H20F3NOS/c1-2-12(9-18)17(6-3-5-13(14,15)16)8-11-4-7-19-10-11/h4,7,10,12,18H,2-3,5-6,8-9H2,1H3. The SMILES string of the molecule is CCC(CO)N(CCCC(F)(F)F)Cc1ccsc1. The van der Waals surface area contributed by atoms with Crippen molar-refractivity contribution in [1.29, 1.82) is 0 Å². The summed E-state index contributed by atoms with van der Waals surface area (Å²) >= 11 is 1.57. The van der Waals surface area contributed by atoms with Gasteiger partial charge in [-0.15, -0.1) is 0 Å². The zero-order valence-corrected chi connectivity index (χ0v) is 11.8. The minimum absolute atomic E-state index is 0.0212. The van der Waals surface area contributed by atoms with Crippen LogP contribution in [0.3, 0.4) is 0 Å². The van der Waals surface area contributed by atoms with E-state index in [0.717, 1.165) is 12.0 Å².